The average Bonchev–Trinajstić information content (AvgIpc) is 3.55. The van der Waals surface area contributed by atoms with E-state index in [1.54, 1.807) is 18.2 Å². The fourth-order valence-corrected chi connectivity index (χ4v) is 5.73. The number of aryl methyl sites for hydroxylation is 1. The first-order valence-electron chi connectivity index (χ1n) is 11.4. The first kappa shape index (κ1) is 24.5. The number of imide groups is 1. The Morgan fingerprint density at radius 2 is 1.83 bits per heavy atom. The molecule has 2 aromatic carbocycles. The number of benzene rings is 2. The van der Waals surface area contributed by atoms with Crippen LogP contribution in [0.1, 0.15) is 17.5 Å². The maximum atomic E-state index is 12.9. The topological polar surface area (TPSA) is 97.3 Å². The highest BCUT2D eigenvalue weighted by Crippen LogP contribution is 2.52. The Kier molecular flexibility index (Phi) is 6.61. The number of carbonyl (C=O) groups is 3. The number of hydrogen-bond donors (Lipinski definition) is 1. The third kappa shape index (κ3) is 4.30. The predicted molar refractivity (Wildman–Crippen MR) is 138 cm³/mol. The average molecular weight is 573 g/mol. The van der Waals surface area contributed by atoms with Gasteiger partial charge in [0.05, 0.1) is 25.2 Å². The monoisotopic (exact) mass is 571 g/mol. The van der Waals surface area contributed by atoms with Crippen LogP contribution < -0.4 is 14.8 Å². The molecule has 1 aliphatic heterocycles. The zero-order valence-electron chi connectivity index (χ0n) is 19.5. The van der Waals surface area contributed by atoms with Crippen LogP contribution in [0, 0.1) is 30.6 Å². The van der Waals surface area contributed by atoms with Crippen LogP contribution >= 0.6 is 27.5 Å². The van der Waals surface area contributed by atoms with Gasteiger partial charge >= 0.3 is 0 Å². The summed E-state index contributed by atoms with van der Waals surface area (Å²) in [6, 6.07) is 8.99. The quantitative estimate of drug-likeness (QED) is 0.298. The zero-order chi connectivity index (χ0) is 25.6. The van der Waals surface area contributed by atoms with Crippen LogP contribution in [0.5, 0.6) is 11.5 Å². The number of carbonyl (C=O) groups excluding carboxylic acids is 3. The van der Waals surface area contributed by atoms with E-state index >= 15 is 0 Å². The van der Waals surface area contributed by atoms with Gasteiger partial charge in [0.1, 0.15) is 5.02 Å². The smallest absolute Gasteiger partial charge is 0.262 e. The lowest BCUT2D eigenvalue weighted by Crippen LogP contribution is -2.28. The lowest BCUT2D eigenvalue weighted by atomic mass is 9.85. The second-order valence-corrected chi connectivity index (χ2v) is 10.2. The summed E-state index contributed by atoms with van der Waals surface area (Å²) in [5, 5.41) is 8.09. The van der Waals surface area contributed by atoms with Gasteiger partial charge in [0.2, 0.25) is 0 Å². The predicted octanol–water partition coefficient (Wildman–Crippen LogP) is 4.58. The largest absolute Gasteiger partial charge is 0.493 e. The van der Waals surface area contributed by atoms with Crippen molar-refractivity contribution in [3.63, 3.8) is 0 Å². The zero-order valence-corrected chi connectivity index (χ0v) is 21.9. The molecule has 0 spiro atoms. The van der Waals surface area contributed by atoms with E-state index in [2.05, 4.69) is 26.3 Å². The Morgan fingerprint density at radius 1 is 1.19 bits per heavy atom. The number of nitrogens with zero attached hydrogens (tertiary/aromatic N) is 2. The van der Waals surface area contributed by atoms with Crippen LogP contribution in [0.3, 0.4) is 0 Å². The lowest BCUT2D eigenvalue weighted by Gasteiger charge is -2.15. The van der Waals surface area contributed by atoms with Gasteiger partial charge in [-0.15, -0.1) is 0 Å². The number of fused-ring (bicyclic) bond motifs is 5. The maximum absolute atomic E-state index is 12.9. The Bertz CT molecular complexity index is 1280. The molecule has 4 atom stereocenters. The number of halogens is 2. The van der Waals surface area contributed by atoms with Crippen LogP contribution in [0.25, 0.3) is 0 Å². The molecule has 8 nitrogen and oxygen atoms in total. The van der Waals surface area contributed by atoms with E-state index in [1.165, 1.54) is 13.3 Å². The fraction of sp³-hybridized carbons (Fsp3) is 0.308. The summed E-state index contributed by atoms with van der Waals surface area (Å²) in [6.07, 6.45) is 6.31. The number of anilines is 1. The third-order valence-corrected chi connectivity index (χ3v) is 8.26. The normalized spacial score (nSPS) is 24.1. The van der Waals surface area contributed by atoms with Crippen molar-refractivity contribution in [1.82, 2.24) is 5.01 Å². The van der Waals surface area contributed by atoms with E-state index in [1.807, 2.05) is 31.2 Å². The van der Waals surface area contributed by atoms with Crippen LogP contribution in [0.15, 0.2) is 52.1 Å². The molecule has 1 saturated carbocycles. The first-order valence-corrected chi connectivity index (χ1v) is 12.6. The molecule has 36 heavy (non-hydrogen) atoms. The molecule has 1 saturated heterocycles. The second-order valence-electron chi connectivity index (χ2n) is 9.06. The molecule has 0 unspecified atom stereocenters. The van der Waals surface area contributed by atoms with Gasteiger partial charge in [-0.1, -0.05) is 41.4 Å². The Labute approximate surface area is 221 Å². The minimum absolute atomic E-state index is 0.109. The summed E-state index contributed by atoms with van der Waals surface area (Å²) in [4.78, 5) is 38.1. The Balaban J connectivity index is 1.30. The molecule has 3 aliphatic rings. The van der Waals surface area contributed by atoms with Crippen molar-refractivity contribution in [2.45, 2.75) is 13.3 Å². The summed E-state index contributed by atoms with van der Waals surface area (Å²) in [7, 11) is 1.44. The molecule has 2 bridgehead atoms. The highest BCUT2D eigenvalue weighted by atomic mass is 79.9. The molecule has 2 aliphatic carbocycles. The standard InChI is InChI=1S/C26H23BrClN3O5/c1-13-3-7-17(8-4-13)30-19(32)12-36-24-18(35-2)10-16(22(27)23(24)28)11-29-31-25(33)20-14-5-6-15(9-14)21(20)26(31)34/h3-8,10-11,14-15,20-21H,9,12H2,1-2H3,(H,30,32)/t14-,15-,20-,21+/m0/s1. The minimum Gasteiger partial charge on any atom is -0.493 e. The van der Waals surface area contributed by atoms with Crippen LogP contribution in [0.2, 0.25) is 5.02 Å². The van der Waals surface area contributed by atoms with Gasteiger partial charge in [-0.25, -0.2) is 0 Å². The summed E-state index contributed by atoms with van der Waals surface area (Å²) < 4.78 is 11.5. The van der Waals surface area contributed by atoms with Gasteiger partial charge in [0.15, 0.2) is 18.1 Å². The van der Waals surface area contributed by atoms with Crippen LogP contribution in [-0.4, -0.2) is 42.7 Å². The summed E-state index contributed by atoms with van der Waals surface area (Å²) >= 11 is 9.94. The van der Waals surface area contributed by atoms with Crippen molar-refractivity contribution in [2.24, 2.45) is 28.8 Å². The van der Waals surface area contributed by atoms with E-state index in [0.29, 0.717) is 15.7 Å². The van der Waals surface area contributed by atoms with Crippen LogP contribution in [0.4, 0.5) is 5.69 Å². The highest BCUT2D eigenvalue weighted by molar-refractivity contribution is 9.10. The molecule has 5 rings (SSSR count). The number of amides is 3. The van der Waals surface area contributed by atoms with Crippen molar-refractivity contribution in [1.29, 1.82) is 0 Å². The molecule has 186 valence electrons. The Morgan fingerprint density at radius 3 is 2.44 bits per heavy atom. The minimum atomic E-state index is -0.362. The molecular weight excluding hydrogens is 550 g/mol. The van der Waals surface area contributed by atoms with Gasteiger partial charge in [0, 0.05) is 15.7 Å². The summed E-state index contributed by atoms with van der Waals surface area (Å²) in [5.74, 6) is -0.896. The van der Waals surface area contributed by atoms with E-state index in [4.69, 9.17) is 21.1 Å². The van der Waals surface area contributed by atoms with Gasteiger partial charge in [-0.05, 0) is 59.3 Å². The number of hydrazone groups is 1. The summed E-state index contributed by atoms with van der Waals surface area (Å²) in [5.41, 5.74) is 2.21. The van der Waals surface area contributed by atoms with E-state index < -0.39 is 0 Å². The molecule has 1 N–H and O–H groups in total. The van der Waals surface area contributed by atoms with Crippen LogP contribution in [-0.2, 0) is 14.4 Å². The van der Waals surface area contributed by atoms with E-state index in [0.717, 1.165) is 17.0 Å². The molecular formula is C26H23BrClN3O5. The number of nitrogens with one attached hydrogen (secondary N) is 1. The van der Waals surface area contributed by atoms with Gasteiger partial charge in [-0.3, -0.25) is 14.4 Å². The molecule has 1 heterocycles. The van der Waals surface area contributed by atoms with Crippen molar-refractivity contribution in [3.8, 4) is 11.5 Å². The van der Waals surface area contributed by atoms with Gasteiger partial charge in [0.25, 0.3) is 17.7 Å². The number of methoxy groups -OCH3 is 1. The molecule has 10 heteroatoms. The lowest BCUT2D eigenvalue weighted by molar-refractivity contribution is -0.140. The first-order chi connectivity index (χ1) is 17.3. The molecule has 2 aromatic rings. The SMILES string of the molecule is COc1cc(C=NN2C(=O)[C@@H]3[C@H](C2=O)[C@H]2C=C[C@H]3C2)c(Br)c(Cl)c1OCC(=O)Nc1ccc(C)cc1. The summed E-state index contributed by atoms with van der Waals surface area (Å²) in [6.45, 7) is 1.67. The maximum Gasteiger partial charge on any atom is 0.262 e. The molecule has 3 amide bonds. The van der Waals surface area contributed by atoms with Crippen molar-refractivity contribution >= 4 is 57.2 Å². The second kappa shape index (κ2) is 9.71. The molecule has 2 fully saturated rings. The highest BCUT2D eigenvalue weighted by Gasteiger charge is 2.59. The van der Waals surface area contributed by atoms with E-state index in [-0.39, 0.29) is 64.5 Å². The molecule has 0 radical (unpaired) electrons. The number of ether oxygens (including phenoxy) is 2. The molecule has 0 aromatic heterocycles. The van der Waals surface area contributed by atoms with E-state index in [9.17, 15) is 14.4 Å². The third-order valence-electron chi connectivity index (χ3n) is 6.82. The van der Waals surface area contributed by atoms with Crippen molar-refractivity contribution in [3.05, 3.63) is 63.1 Å². The number of hydrogen-bond acceptors (Lipinski definition) is 6. The van der Waals surface area contributed by atoms with Crippen molar-refractivity contribution < 1.29 is 23.9 Å². The van der Waals surface area contributed by atoms with Gasteiger partial charge < -0.3 is 14.8 Å². The number of allylic oxidation sites excluding steroid dienone is 2. The van der Waals surface area contributed by atoms with Crippen molar-refractivity contribution in [2.75, 3.05) is 19.0 Å². The fourth-order valence-electron chi connectivity index (χ4n) is 5.08. The van der Waals surface area contributed by atoms with Gasteiger partial charge in [-0.2, -0.15) is 10.1 Å². The Hall–Kier alpha value is -3.17. The number of rotatable bonds is 7.